The van der Waals surface area contributed by atoms with Crippen molar-refractivity contribution in [2.24, 2.45) is 7.05 Å². The van der Waals surface area contributed by atoms with Gasteiger partial charge in [0.15, 0.2) is 0 Å². The van der Waals surface area contributed by atoms with Crippen molar-refractivity contribution in [1.82, 2.24) is 29.9 Å². The van der Waals surface area contributed by atoms with Gasteiger partial charge in [-0.05, 0) is 6.92 Å². The lowest BCUT2D eigenvalue weighted by Gasteiger charge is -2.35. The molecule has 2 aromatic rings. The molecule has 0 aromatic carbocycles. The van der Waals surface area contributed by atoms with Crippen LogP contribution in [-0.2, 0) is 18.3 Å². The third kappa shape index (κ3) is 3.94. The fraction of sp³-hybridized carbons (Fsp3) is 0.647. The topological polar surface area (TPSA) is 75.4 Å². The second-order valence-electron chi connectivity index (χ2n) is 6.91. The maximum Gasteiger partial charge on any atom is 0.227 e. The van der Waals surface area contributed by atoms with Gasteiger partial charge in [0.1, 0.15) is 5.82 Å². The van der Waals surface area contributed by atoms with Gasteiger partial charge >= 0.3 is 0 Å². The largest absolute Gasteiger partial charge is 0.378 e. The first-order chi connectivity index (χ1) is 12.7. The van der Waals surface area contributed by atoms with Crippen LogP contribution in [0.4, 0.5) is 11.8 Å². The van der Waals surface area contributed by atoms with Gasteiger partial charge in [0.2, 0.25) is 5.95 Å². The van der Waals surface area contributed by atoms with E-state index in [-0.39, 0.29) is 0 Å². The first-order valence-electron chi connectivity index (χ1n) is 9.18. The monoisotopic (exact) mass is 358 g/mol. The highest BCUT2D eigenvalue weighted by atomic mass is 16.5. The summed E-state index contributed by atoms with van der Waals surface area (Å²) in [6.07, 6.45) is 1.98. The highest BCUT2D eigenvalue weighted by Gasteiger charge is 2.22. The average Bonchev–Trinajstić information content (AvgIpc) is 3.07. The summed E-state index contributed by atoms with van der Waals surface area (Å²) in [4.78, 5) is 16.5. The molecule has 0 bridgehead atoms. The molecule has 2 aliphatic heterocycles. The second kappa shape index (κ2) is 7.55. The van der Waals surface area contributed by atoms with Crippen molar-refractivity contribution in [2.75, 3.05) is 62.3 Å². The summed E-state index contributed by atoms with van der Waals surface area (Å²) >= 11 is 0. The molecule has 9 nitrogen and oxygen atoms in total. The van der Waals surface area contributed by atoms with Gasteiger partial charge in [0.25, 0.3) is 0 Å². The molecule has 9 heteroatoms. The first kappa shape index (κ1) is 17.2. The number of ether oxygens (including phenoxy) is 1. The van der Waals surface area contributed by atoms with Gasteiger partial charge in [-0.3, -0.25) is 9.58 Å². The number of aromatic nitrogens is 5. The van der Waals surface area contributed by atoms with Gasteiger partial charge < -0.3 is 14.5 Å². The molecule has 2 saturated heterocycles. The van der Waals surface area contributed by atoms with E-state index in [9.17, 15) is 0 Å². The molecule has 140 valence electrons. The van der Waals surface area contributed by atoms with E-state index in [1.54, 1.807) is 4.68 Å². The number of rotatable bonds is 4. The van der Waals surface area contributed by atoms with Crippen LogP contribution in [0, 0.1) is 6.92 Å². The summed E-state index contributed by atoms with van der Waals surface area (Å²) < 4.78 is 7.20. The van der Waals surface area contributed by atoms with Crippen molar-refractivity contribution in [1.29, 1.82) is 0 Å². The molecule has 4 heterocycles. The maximum absolute atomic E-state index is 5.45. The second-order valence-corrected chi connectivity index (χ2v) is 6.91. The molecular formula is C17H26N8O. The third-order valence-electron chi connectivity index (χ3n) is 4.85. The zero-order valence-corrected chi connectivity index (χ0v) is 15.5. The normalized spacial score (nSPS) is 19.2. The third-order valence-corrected chi connectivity index (χ3v) is 4.85. The molecule has 0 atom stereocenters. The molecular weight excluding hydrogens is 332 g/mol. The molecule has 0 radical (unpaired) electrons. The minimum Gasteiger partial charge on any atom is -0.378 e. The Morgan fingerprint density at radius 1 is 1.00 bits per heavy atom. The molecule has 0 saturated carbocycles. The van der Waals surface area contributed by atoms with Crippen molar-refractivity contribution in [3.05, 3.63) is 23.7 Å². The first-order valence-corrected chi connectivity index (χ1v) is 9.18. The Morgan fingerprint density at radius 2 is 1.77 bits per heavy atom. The van der Waals surface area contributed by atoms with Crippen molar-refractivity contribution in [3.8, 4) is 0 Å². The molecule has 2 aliphatic rings. The van der Waals surface area contributed by atoms with Crippen LogP contribution in [0.3, 0.4) is 0 Å². The Morgan fingerprint density at radius 3 is 2.46 bits per heavy atom. The number of piperazine rings is 1. The molecule has 2 aromatic heterocycles. The van der Waals surface area contributed by atoms with E-state index in [0.29, 0.717) is 0 Å². The number of nitrogens with zero attached hydrogens (tertiary/aromatic N) is 8. The fourth-order valence-electron chi connectivity index (χ4n) is 3.44. The standard InChI is InChI=1S/C17H26N8O/c1-14-11-16(24-7-9-26-10-8-24)19-17(18-14)25-5-3-23(4-6-25)13-15-12-22(2)21-20-15/h11-12H,3-10,13H2,1-2H3. The Bertz CT molecular complexity index is 734. The minimum absolute atomic E-state index is 0.763. The summed E-state index contributed by atoms with van der Waals surface area (Å²) in [5.41, 5.74) is 2.03. The van der Waals surface area contributed by atoms with Gasteiger partial charge in [-0.2, -0.15) is 4.98 Å². The van der Waals surface area contributed by atoms with E-state index in [0.717, 1.165) is 82.2 Å². The summed E-state index contributed by atoms with van der Waals surface area (Å²) in [7, 11) is 1.90. The van der Waals surface area contributed by atoms with E-state index in [2.05, 4.69) is 36.1 Å². The summed E-state index contributed by atoms with van der Waals surface area (Å²) in [6.45, 7) is 9.98. The molecule has 0 unspecified atom stereocenters. The predicted octanol–water partition coefficient (Wildman–Crippen LogP) is 0.0723. The molecule has 0 amide bonds. The van der Waals surface area contributed by atoms with Crippen LogP contribution >= 0.6 is 0 Å². The Kier molecular flexibility index (Phi) is 4.98. The zero-order valence-electron chi connectivity index (χ0n) is 15.5. The van der Waals surface area contributed by atoms with Gasteiger partial charge in [0.05, 0.1) is 18.9 Å². The van der Waals surface area contributed by atoms with Gasteiger partial charge in [-0.25, -0.2) is 4.98 Å². The van der Waals surface area contributed by atoms with Crippen molar-refractivity contribution in [2.45, 2.75) is 13.5 Å². The smallest absolute Gasteiger partial charge is 0.227 e. The Balaban J connectivity index is 1.39. The quantitative estimate of drug-likeness (QED) is 0.760. The van der Waals surface area contributed by atoms with Crippen LogP contribution in [0.1, 0.15) is 11.4 Å². The molecule has 0 spiro atoms. The van der Waals surface area contributed by atoms with Crippen LogP contribution in [0.25, 0.3) is 0 Å². The van der Waals surface area contributed by atoms with Crippen LogP contribution in [0.2, 0.25) is 0 Å². The lowest BCUT2D eigenvalue weighted by Crippen LogP contribution is -2.46. The number of hydrogen-bond donors (Lipinski definition) is 0. The highest BCUT2D eigenvalue weighted by Crippen LogP contribution is 2.20. The van der Waals surface area contributed by atoms with E-state index >= 15 is 0 Å². The zero-order chi connectivity index (χ0) is 17.9. The summed E-state index contributed by atoms with van der Waals surface area (Å²) in [6, 6.07) is 2.07. The van der Waals surface area contributed by atoms with Gasteiger partial charge in [-0.1, -0.05) is 5.21 Å². The Hall–Kier alpha value is -2.26. The summed E-state index contributed by atoms with van der Waals surface area (Å²) in [5.74, 6) is 1.85. The lowest BCUT2D eigenvalue weighted by atomic mass is 10.3. The van der Waals surface area contributed by atoms with Crippen molar-refractivity contribution < 1.29 is 4.74 Å². The SMILES string of the molecule is Cc1cc(N2CCOCC2)nc(N2CCN(Cc3cn(C)nn3)CC2)n1. The number of anilines is 2. The van der Waals surface area contributed by atoms with Crippen LogP contribution in [-0.4, -0.2) is 82.3 Å². The molecule has 0 aliphatic carbocycles. The number of aryl methyl sites for hydroxylation is 2. The van der Waals surface area contributed by atoms with E-state index < -0.39 is 0 Å². The molecule has 0 N–H and O–H groups in total. The average molecular weight is 358 g/mol. The summed E-state index contributed by atoms with van der Waals surface area (Å²) in [5, 5.41) is 8.18. The molecule has 4 rings (SSSR count). The molecule has 26 heavy (non-hydrogen) atoms. The predicted molar refractivity (Wildman–Crippen MR) is 98.3 cm³/mol. The van der Waals surface area contributed by atoms with E-state index in [4.69, 9.17) is 9.72 Å². The van der Waals surface area contributed by atoms with Crippen LogP contribution in [0.5, 0.6) is 0 Å². The molecule has 2 fully saturated rings. The number of hydrogen-bond acceptors (Lipinski definition) is 8. The minimum atomic E-state index is 0.763. The number of morpholine rings is 1. The van der Waals surface area contributed by atoms with Gasteiger partial charge in [-0.15, -0.1) is 5.10 Å². The van der Waals surface area contributed by atoms with Crippen molar-refractivity contribution >= 4 is 11.8 Å². The highest BCUT2D eigenvalue weighted by molar-refractivity contribution is 5.46. The van der Waals surface area contributed by atoms with E-state index in [1.807, 2.05) is 20.2 Å². The maximum atomic E-state index is 5.45. The Labute approximate surface area is 153 Å². The van der Waals surface area contributed by atoms with Gasteiger partial charge in [0, 0.05) is 70.8 Å². The lowest BCUT2D eigenvalue weighted by molar-refractivity contribution is 0.122. The van der Waals surface area contributed by atoms with E-state index in [1.165, 1.54) is 0 Å². The van der Waals surface area contributed by atoms with Crippen LogP contribution < -0.4 is 9.80 Å². The van der Waals surface area contributed by atoms with Crippen LogP contribution in [0.15, 0.2) is 12.3 Å². The fourth-order valence-corrected chi connectivity index (χ4v) is 3.44. The van der Waals surface area contributed by atoms with Crippen molar-refractivity contribution in [3.63, 3.8) is 0 Å².